The molecule has 0 aliphatic rings. The van der Waals surface area contributed by atoms with Crippen molar-refractivity contribution < 1.29 is 8.94 Å². The zero-order chi connectivity index (χ0) is 16.0. The van der Waals surface area contributed by atoms with E-state index < -0.39 is 0 Å². The van der Waals surface area contributed by atoms with Gasteiger partial charge in [0.1, 0.15) is 0 Å². The lowest BCUT2D eigenvalue weighted by Gasteiger charge is -2.02. The maximum absolute atomic E-state index is 11.8. The molecule has 0 aliphatic carbocycles. The van der Waals surface area contributed by atoms with Crippen LogP contribution in [0.4, 0.5) is 0 Å². The molecule has 3 heterocycles. The van der Waals surface area contributed by atoms with Gasteiger partial charge in [-0.1, -0.05) is 21.1 Å². The van der Waals surface area contributed by atoms with Gasteiger partial charge in [0.25, 0.3) is 5.89 Å². The molecule has 0 saturated heterocycles. The van der Waals surface area contributed by atoms with Gasteiger partial charge < -0.3 is 13.9 Å². The zero-order valence-electron chi connectivity index (χ0n) is 11.3. The number of H-pyrrole nitrogens is 1. The summed E-state index contributed by atoms with van der Waals surface area (Å²) in [6.07, 6.45) is 0. The van der Waals surface area contributed by atoms with E-state index in [0.717, 1.165) is 9.86 Å². The van der Waals surface area contributed by atoms with Gasteiger partial charge in [0.05, 0.1) is 5.56 Å². The second kappa shape index (κ2) is 5.36. The van der Waals surface area contributed by atoms with E-state index in [2.05, 4.69) is 31.1 Å². The number of rotatable bonds is 2. The zero-order valence-corrected chi connectivity index (χ0v) is 13.7. The van der Waals surface area contributed by atoms with Gasteiger partial charge in [-0.3, -0.25) is 4.79 Å². The number of furan rings is 1. The Morgan fingerprint density at radius 1 is 1.17 bits per heavy atom. The summed E-state index contributed by atoms with van der Waals surface area (Å²) < 4.78 is 11.4. The number of benzene rings is 1. The number of pyridine rings is 1. The highest BCUT2D eigenvalue weighted by Crippen LogP contribution is 2.29. The highest BCUT2D eigenvalue weighted by Gasteiger charge is 2.16. The van der Waals surface area contributed by atoms with Crippen LogP contribution in [-0.4, -0.2) is 15.1 Å². The van der Waals surface area contributed by atoms with Crippen LogP contribution in [0, 0.1) is 0 Å². The number of hydrogen-bond acceptors (Lipinski definition) is 5. The van der Waals surface area contributed by atoms with Gasteiger partial charge in [0.15, 0.2) is 11.0 Å². The molecule has 8 heteroatoms. The van der Waals surface area contributed by atoms with Crippen LogP contribution < -0.4 is 5.56 Å². The predicted octanol–water partition coefficient (Wildman–Crippen LogP) is 4.25. The standard InChI is InChI=1S/C15H7BrClN3O3/c16-7-1-2-10-8(5-7)9(6-13(21)18-10)15-19-14(20-23-15)11-3-4-12(17)22-11/h1-6H,(H,18,21). The maximum atomic E-state index is 11.8. The van der Waals surface area contributed by atoms with Gasteiger partial charge in [-0.2, -0.15) is 4.98 Å². The highest BCUT2D eigenvalue weighted by molar-refractivity contribution is 9.10. The molecule has 0 aliphatic heterocycles. The van der Waals surface area contributed by atoms with E-state index in [4.69, 9.17) is 20.5 Å². The summed E-state index contributed by atoms with van der Waals surface area (Å²) in [4.78, 5) is 18.9. The highest BCUT2D eigenvalue weighted by atomic mass is 79.9. The molecule has 0 saturated carbocycles. The molecule has 0 radical (unpaired) electrons. The van der Waals surface area contributed by atoms with Crippen LogP contribution in [0.15, 0.2) is 54.6 Å². The predicted molar refractivity (Wildman–Crippen MR) is 88.3 cm³/mol. The van der Waals surface area contributed by atoms with Gasteiger partial charge in [-0.05, 0) is 41.9 Å². The van der Waals surface area contributed by atoms with E-state index in [0.29, 0.717) is 16.8 Å². The molecule has 1 N–H and O–H groups in total. The summed E-state index contributed by atoms with van der Waals surface area (Å²) in [6, 6.07) is 10.2. The minimum Gasteiger partial charge on any atom is -0.441 e. The summed E-state index contributed by atoms with van der Waals surface area (Å²) in [5.74, 6) is 0.873. The van der Waals surface area contributed by atoms with Crippen LogP contribution in [0.5, 0.6) is 0 Å². The number of aromatic nitrogens is 3. The minimum atomic E-state index is -0.254. The van der Waals surface area contributed by atoms with Crippen LogP contribution in [0.2, 0.25) is 5.22 Å². The Bertz CT molecular complexity index is 1080. The summed E-state index contributed by atoms with van der Waals surface area (Å²) >= 11 is 9.16. The van der Waals surface area contributed by atoms with Gasteiger partial charge in [0, 0.05) is 21.4 Å². The molecule has 0 fully saturated rings. The Kier molecular flexibility index (Phi) is 3.32. The lowest BCUT2D eigenvalue weighted by atomic mass is 10.1. The molecule has 1 aromatic carbocycles. The van der Waals surface area contributed by atoms with Gasteiger partial charge in [-0.25, -0.2) is 0 Å². The van der Waals surface area contributed by atoms with Gasteiger partial charge in [-0.15, -0.1) is 0 Å². The van der Waals surface area contributed by atoms with Crippen molar-refractivity contribution in [3.63, 3.8) is 0 Å². The van der Waals surface area contributed by atoms with Gasteiger partial charge >= 0.3 is 0 Å². The number of halogens is 2. The van der Waals surface area contributed by atoms with Crippen molar-refractivity contribution in [3.8, 4) is 23.0 Å². The third-order valence-electron chi connectivity index (χ3n) is 3.26. The number of nitrogens with one attached hydrogen (secondary N) is 1. The molecule has 6 nitrogen and oxygen atoms in total. The fraction of sp³-hybridized carbons (Fsp3) is 0. The largest absolute Gasteiger partial charge is 0.441 e. The Balaban J connectivity index is 1.91. The summed E-state index contributed by atoms with van der Waals surface area (Å²) in [7, 11) is 0. The molecule has 0 unspecified atom stereocenters. The number of hydrogen-bond donors (Lipinski definition) is 1. The van der Waals surface area contributed by atoms with Crippen molar-refractivity contribution in [1.29, 1.82) is 0 Å². The second-order valence-corrected chi connectivity index (χ2v) is 6.05. The monoisotopic (exact) mass is 391 g/mol. The molecule has 0 atom stereocenters. The van der Waals surface area contributed by atoms with E-state index >= 15 is 0 Å². The lowest BCUT2D eigenvalue weighted by Crippen LogP contribution is -2.04. The van der Waals surface area contributed by atoms with E-state index in [-0.39, 0.29) is 22.5 Å². The first kappa shape index (κ1) is 14.2. The van der Waals surface area contributed by atoms with E-state index in [1.54, 1.807) is 18.2 Å². The minimum absolute atomic E-state index is 0.224. The maximum Gasteiger partial charge on any atom is 0.259 e. The van der Waals surface area contributed by atoms with Crippen molar-refractivity contribution >= 4 is 38.4 Å². The molecule has 0 bridgehead atoms. The molecule has 0 spiro atoms. The second-order valence-electron chi connectivity index (χ2n) is 4.76. The van der Waals surface area contributed by atoms with Crippen molar-refractivity contribution in [2.45, 2.75) is 0 Å². The van der Waals surface area contributed by atoms with Crippen LogP contribution in [0.1, 0.15) is 0 Å². The molecular formula is C15H7BrClN3O3. The van der Waals surface area contributed by atoms with Crippen molar-refractivity contribution in [3.05, 3.63) is 56.4 Å². The van der Waals surface area contributed by atoms with Gasteiger partial charge in [0.2, 0.25) is 11.4 Å². The molecule has 23 heavy (non-hydrogen) atoms. The lowest BCUT2D eigenvalue weighted by molar-refractivity contribution is 0.430. The third-order valence-corrected chi connectivity index (χ3v) is 3.95. The average Bonchev–Trinajstić information content (AvgIpc) is 3.15. The van der Waals surface area contributed by atoms with Crippen LogP contribution in [-0.2, 0) is 0 Å². The normalized spacial score (nSPS) is 11.2. The Hall–Kier alpha value is -2.38. The van der Waals surface area contributed by atoms with Crippen LogP contribution in [0.3, 0.4) is 0 Å². The Morgan fingerprint density at radius 2 is 2.04 bits per heavy atom. The molecule has 3 aromatic heterocycles. The van der Waals surface area contributed by atoms with E-state index in [9.17, 15) is 4.79 Å². The van der Waals surface area contributed by atoms with Crippen molar-refractivity contribution in [1.82, 2.24) is 15.1 Å². The van der Waals surface area contributed by atoms with Crippen molar-refractivity contribution in [2.24, 2.45) is 0 Å². The average molecular weight is 393 g/mol. The third kappa shape index (κ3) is 2.58. The first-order valence-electron chi connectivity index (χ1n) is 6.52. The quantitative estimate of drug-likeness (QED) is 0.551. The van der Waals surface area contributed by atoms with E-state index in [1.165, 1.54) is 6.07 Å². The first-order chi connectivity index (χ1) is 11.1. The van der Waals surface area contributed by atoms with Crippen molar-refractivity contribution in [2.75, 3.05) is 0 Å². The number of nitrogens with zero attached hydrogens (tertiary/aromatic N) is 2. The fourth-order valence-corrected chi connectivity index (χ4v) is 2.78. The number of fused-ring (bicyclic) bond motifs is 1. The van der Waals surface area contributed by atoms with E-state index in [1.807, 2.05) is 12.1 Å². The SMILES string of the molecule is O=c1cc(-c2nc(-c3ccc(Cl)o3)no2)c2cc(Br)ccc2[nH]1. The Labute approximate surface area is 142 Å². The molecule has 0 amide bonds. The summed E-state index contributed by atoms with van der Waals surface area (Å²) in [5, 5.41) is 4.89. The molecule has 4 aromatic rings. The molecule has 4 rings (SSSR count). The molecule has 114 valence electrons. The Morgan fingerprint density at radius 3 is 2.83 bits per heavy atom. The topological polar surface area (TPSA) is 84.9 Å². The van der Waals surface area contributed by atoms with Crippen LogP contribution in [0.25, 0.3) is 33.9 Å². The summed E-state index contributed by atoms with van der Waals surface area (Å²) in [6.45, 7) is 0. The summed E-state index contributed by atoms with van der Waals surface area (Å²) in [5.41, 5.74) is 0.966. The number of aromatic amines is 1. The van der Waals surface area contributed by atoms with Crippen LogP contribution >= 0.6 is 27.5 Å². The fourth-order valence-electron chi connectivity index (χ4n) is 2.27. The molecular weight excluding hydrogens is 386 g/mol. The first-order valence-corrected chi connectivity index (χ1v) is 7.69. The smallest absolute Gasteiger partial charge is 0.259 e.